The van der Waals surface area contributed by atoms with Gasteiger partial charge >= 0.3 is 0 Å². The van der Waals surface area contributed by atoms with Gasteiger partial charge in [0.1, 0.15) is 0 Å². The van der Waals surface area contributed by atoms with Crippen LogP contribution in [0.5, 0.6) is 0 Å². The molecule has 0 aromatic heterocycles. The second-order valence-corrected chi connectivity index (χ2v) is 5.30. The van der Waals surface area contributed by atoms with Crippen LogP contribution in [0, 0.1) is 11.3 Å². The Kier molecular flexibility index (Phi) is 3.90. The third-order valence-corrected chi connectivity index (χ3v) is 3.96. The number of hydrogen-bond donors (Lipinski definition) is 0. The van der Waals surface area contributed by atoms with Gasteiger partial charge in [-0.25, -0.2) is 0 Å². The summed E-state index contributed by atoms with van der Waals surface area (Å²) < 4.78 is 5.46. The van der Waals surface area contributed by atoms with Gasteiger partial charge < -0.3 is 9.64 Å². The van der Waals surface area contributed by atoms with Crippen molar-refractivity contribution in [3.05, 3.63) is 65.2 Å². The van der Waals surface area contributed by atoms with E-state index in [9.17, 15) is 4.79 Å². The van der Waals surface area contributed by atoms with Crippen LogP contribution in [0.25, 0.3) is 0 Å². The number of nitrogens with zero attached hydrogens (tertiary/aromatic N) is 2. The molecule has 110 valence electrons. The Morgan fingerprint density at radius 2 is 1.95 bits per heavy atom. The molecule has 1 unspecified atom stereocenters. The fraction of sp³-hybridized carbons (Fsp3) is 0.222. The molecule has 3 rings (SSSR count). The molecule has 0 saturated carbocycles. The number of carbonyl (C=O) groups is 1. The summed E-state index contributed by atoms with van der Waals surface area (Å²) in [5.41, 5.74) is 3.17. The lowest BCUT2D eigenvalue weighted by Gasteiger charge is -2.34. The van der Waals surface area contributed by atoms with Crippen molar-refractivity contribution < 1.29 is 9.53 Å². The Hall–Kier alpha value is -2.64. The predicted octanol–water partition coefficient (Wildman–Crippen LogP) is 2.78. The Morgan fingerprint density at radius 3 is 2.64 bits per heavy atom. The highest BCUT2D eigenvalue weighted by Gasteiger charge is 2.28. The molecule has 0 fully saturated rings. The second-order valence-electron chi connectivity index (χ2n) is 5.30. The average molecular weight is 292 g/mol. The van der Waals surface area contributed by atoms with E-state index in [1.807, 2.05) is 24.3 Å². The molecule has 2 aromatic rings. The Morgan fingerprint density at radius 1 is 1.23 bits per heavy atom. The van der Waals surface area contributed by atoms with Gasteiger partial charge in [0.25, 0.3) is 5.91 Å². The van der Waals surface area contributed by atoms with Crippen LogP contribution in [0.2, 0.25) is 0 Å². The third-order valence-electron chi connectivity index (χ3n) is 3.96. The lowest BCUT2D eigenvalue weighted by Crippen LogP contribution is -2.43. The quantitative estimate of drug-likeness (QED) is 0.855. The lowest BCUT2D eigenvalue weighted by molar-refractivity contribution is 0.0870. The first kappa shape index (κ1) is 14.3. The number of fused-ring (bicyclic) bond motifs is 1. The molecule has 1 atom stereocenters. The van der Waals surface area contributed by atoms with E-state index >= 15 is 0 Å². The van der Waals surface area contributed by atoms with Crippen LogP contribution in [0.3, 0.4) is 0 Å². The molecule has 4 heteroatoms. The van der Waals surface area contributed by atoms with Gasteiger partial charge in [0.2, 0.25) is 0 Å². The smallest absolute Gasteiger partial charge is 0.258 e. The topological polar surface area (TPSA) is 53.3 Å². The van der Waals surface area contributed by atoms with Gasteiger partial charge in [0.15, 0.2) is 0 Å². The van der Waals surface area contributed by atoms with Crippen LogP contribution in [0.1, 0.15) is 21.5 Å². The Labute approximate surface area is 129 Å². The highest BCUT2D eigenvalue weighted by molar-refractivity contribution is 6.06. The summed E-state index contributed by atoms with van der Waals surface area (Å²) in [6.07, 6.45) is 0.807. The lowest BCUT2D eigenvalue weighted by atomic mass is 9.98. The molecule has 4 nitrogen and oxygen atoms in total. The van der Waals surface area contributed by atoms with Crippen LogP contribution in [-0.2, 0) is 11.2 Å². The van der Waals surface area contributed by atoms with E-state index in [4.69, 9.17) is 10.00 Å². The van der Waals surface area contributed by atoms with Crippen molar-refractivity contribution in [1.29, 1.82) is 5.26 Å². The Bertz CT molecular complexity index is 731. The fourth-order valence-corrected chi connectivity index (χ4v) is 2.75. The van der Waals surface area contributed by atoms with Gasteiger partial charge in [0.05, 0.1) is 24.3 Å². The zero-order valence-electron chi connectivity index (χ0n) is 12.3. The summed E-state index contributed by atoms with van der Waals surface area (Å²) >= 11 is 0. The van der Waals surface area contributed by atoms with E-state index in [0.717, 1.165) is 17.7 Å². The summed E-state index contributed by atoms with van der Waals surface area (Å²) in [5, 5.41) is 8.85. The number of rotatable bonds is 2. The first-order valence-corrected chi connectivity index (χ1v) is 7.15. The Balaban J connectivity index is 1.95. The largest absolute Gasteiger partial charge is 0.379 e. The summed E-state index contributed by atoms with van der Waals surface area (Å²) in [7, 11) is 1.67. The van der Waals surface area contributed by atoms with Crippen LogP contribution < -0.4 is 4.90 Å². The number of nitriles is 1. The molecule has 0 saturated heterocycles. The van der Waals surface area contributed by atoms with E-state index in [1.54, 1.807) is 36.3 Å². The van der Waals surface area contributed by atoms with Crippen molar-refractivity contribution in [1.82, 2.24) is 0 Å². The molecule has 1 aliphatic heterocycles. The number of amides is 1. The molecule has 0 spiro atoms. The van der Waals surface area contributed by atoms with Crippen molar-refractivity contribution >= 4 is 11.6 Å². The maximum absolute atomic E-state index is 12.8. The second kappa shape index (κ2) is 6.00. The maximum atomic E-state index is 12.8. The van der Waals surface area contributed by atoms with Gasteiger partial charge in [-0.1, -0.05) is 18.2 Å². The molecule has 0 N–H and O–H groups in total. The van der Waals surface area contributed by atoms with Crippen LogP contribution in [0.15, 0.2) is 48.5 Å². The zero-order valence-corrected chi connectivity index (χ0v) is 12.3. The number of benzene rings is 2. The van der Waals surface area contributed by atoms with Crippen molar-refractivity contribution in [3.63, 3.8) is 0 Å². The molecule has 0 aliphatic carbocycles. The molecular weight excluding hydrogens is 276 g/mol. The number of methoxy groups -OCH3 is 1. The molecule has 2 aromatic carbocycles. The summed E-state index contributed by atoms with van der Waals surface area (Å²) in [6, 6.07) is 16.7. The predicted molar refractivity (Wildman–Crippen MR) is 83.8 cm³/mol. The minimum Gasteiger partial charge on any atom is -0.379 e. The standard InChI is InChI=1S/C18H16N2O2/c1-22-16-10-15-4-2-3-5-17(15)20(12-16)18(21)14-8-6-13(11-19)7-9-14/h2-9,16H,10,12H2,1H3. The molecular formula is C18H16N2O2. The monoisotopic (exact) mass is 292 g/mol. The van der Waals surface area contributed by atoms with E-state index < -0.39 is 0 Å². The van der Waals surface area contributed by atoms with E-state index in [1.165, 1.54) is 0 Å². The van der Waals surface area contributed by atoms with Crippen LogP contribution >= 0.6 is 0 Å². The number of ether oxygens (including phenoxy) is 1. The van der Waals surface area contributed by atoms with Gasteiger partial charge in [-0.3, -0.25) is 4.79 Å². The van der Waals surface area contributed by atoms with Crippen molar-refractivity contribution in [2.24, 2.45) is 0 Å². The van der Waals surface area contributed by atoms with Crippen molar-refractivity contribution in [2.45, 2.75) is 12.5 Å². The number of anilines is 1. The summed E-state index contributed by atoms with van der Waals surface area (Å²) in [4.78, 5) is 14.6. The maximum Gasteiger partial charge on any atom is 0.258 e. The molecule has 1 aliphatic rings. The molecule has 22 heavy (non-hydrogen) atoms. The van der Waals surface area contributed by atoms with E-state index in [0.29, 0.717) is 17.7 Å². The minimum absolute atomic E-state index is 0.00256. The van der Waals surface area contributed by atoms with Gasteiger partial charge in [0, 0.05) is 24.8 Å². The normalized spacial score (nSPS) is 16.7. The van der Waals surface area contributed by atoms with Crippen molar-refractivity contribution in [2.75, 3.05) is 18.6 Å². The highest BCUT2D eigenvalue weighted by atomic mass is 16.5. The van der Waals surface area contributed by atoms with E-state index in [-0.39, 0.29) is 12.0 Å². The van der Waals surface area contributed by atoms with Crippen LogP contribution in [-0.4, -0.2) is 25.7 Å². The third kappa shape index (κ3) is 2.59. The van der Waals surface area contributed by atoms with Gasteiger partial charge in [-0.15, -0.1) is 0 Å². The zero-order chi connectivity index (χ0) is 15.5. The summed E-state index contributed by atoms with van der Waals surface area (Å²) in [6.45, 7) is 0.534. The summed E-state index contributed by atoms with van der Waals surface area (Å²) in [5.74, 6) is -0.0707. The first-order chi connectivity index (χ1) is 10.7. The first-order valence-electron chi connectivity index (χ1n) is 7.15. The van der Waals surface area contributed by atoms with Gasteiger partial charge in [-0.05, 0) is 35.9 Å². The molecule has 1 heterocycles. The molecule has 0 radical (unpaired) electrons. The van der Waals surface area contributed by atoms with E-state index in [2.05, 4.69) is 6.07 Å². The number of hydrogen-bond acceptors (Lipinski definition) is 3. The SMILES string of the molecule is COC1Cc2ccccc2N(C(=O)c2ccc(C#N)cc2)C1. The fourth-order valence-electron chi connectivity index (χ4n) is 2.75. The average Bonchev–Trinajstić information content (AvgIpc) is 2.60. The molecule has 1 amide bonds. The minimum atomic E-state index is -0.0707. The van der Waals surface area contributed by atoms with Crippen LogP contribution in [0.4, 0.5) is 5.69 Å². The van der Waals surface area contributed by atoms with Gasteiger partial charge in [-0.2, -0.15) is 5.26 Å². The van der Waals surface area contributed by atoms with Crippen molar-refractivity contribution in [3.8, 4) is 6.07 Å². The highest BCUT2D eigenvalue weighted by Crippen LogP contribution is 2.29. The number of carbonyl (C=O) groups excluding carboxylic acids is 1. The number of para-hydroxylation sites is 1. The molecule has 0 bridgehead atoms.